The maximum absolute atomic E-state index is 12.7. The largest absolute Gasteiger partial charge is 0.367 e. The van der Waals surface area contributed by atoms with E-state index >= 15 is 0 Å². The Hall–Kier alpha value is -2.00. The molecular weight excluding hydrogens is 308 g/mol. The van der Waals surface area contributed by atoms with Crippen LogP contribution in [0.2, 0.25) is 5.02 Å². The normalized spacial score (nSPS) is 14.9. The SMILES string of the molecule is Cc1cc(C)cc(C(=O)N2CCN(c3ccccc3Cl)CC2)c1. The Labute approximate surface area is 142 Å². The third kappa shape index (κ3) is 3.50. The van der Waals surface area contributed by atoms with E-state index in [1.165, 1.54) is 0 Å². The smallest absolute Gasteiger partial charge is 0.253 e. The van der Waals surface area contributed by atoms with Crippen LogP contribution in [0.25, 0.3) is 0 Å². The van der Waals surface area contributed by atoms with E-state index in [0.29, 0.717) is 0 Å². The summed E-state index contributed by atoms with van der Waals surface area (Å²) in [5.41, 5.74) is 4.09. The summed E-state index contributed by atoms with van der Waals surface area (Å²) in [5.74, 6) is 0.121. The zero-order chi connectivity index (χ0) is 16.4. The van der Waals surface area contributed by atoms with Crippen LogP contribution in [0.15, 0.2) is 42.5 Å². The molecule has 2 aromatic carbocycles. The summed E-state index contributed by atoms with van der Waals surface area (Å²) in [4.78, 5) is 16.9. The zero-order valence-electron chi connectivity index (χ0n) is 13.6. The molecule has 0 spiro atoms. The number of nitrogens with zero attached hydrogens (tertiary/aromatic N) is 2. The Morgan fingerprint density at radius 3 is 2.17 bits per heavy atom. The molecule has 2 aromatic rings. The Balaban J connectivity index is 1.69. The first-order valence-electron chi connectivity index (χ1n) is 7.91. The van der Waals surface area contributed by atoms with Gasteiger partial charge in [0.1, 0.15) is 0 Å². The van der Waals surface area contributed by atoms with E-state index in [2.05, 4.69) is 11.0 Å². The average molecular weight is 329 g/mol. The molecule has 1 saturated heterocycles. The number of piperazine rings is 1. The maximum Gasteiger partial charge on any atom is 0.253 e. The number of amides is 1. The summed E-state index contributed by atoms with van der Waals surface area (Å²) in [7, 11) is 0. The van der Waals surface area contributed by atoms with Crippen molar-refractivity contribution in [2.45, 2.75) is 13.8 Å². The summed E-state index contributed by atoms with van der Waals surface area (Å²) in [6, 6.07) is 13.9. The number of hydrogen-bond donors (Lipinski definition) is 0. The predicted molar refractivity (Wildman–Crippen MR) is 95.5 cm³/mol. The Kier molecular flexibility index (Phi) is 4.58. The first-order chi connectivity index (χ1) is 11.0. The third-order valence-corrected chi connectivity index (χ3v) is 4.55. The van der Waals surface area contributed by atoms with Crippen LogP contribution in [-0.2, 0) is 0 Å². The van der Waals surface area contributed by atoms with E-state index in [9.17, 15) is 4.79 Å². The molecule has 23 heavy (non-hydrogen) atoms. The van der Waals surface area contributed by atoms with Gasteiger partial charge in [-0.2, -0.15) is 0 Å². The second kappa shape index (κ2) is 6.63. The van der Waals surface area contributed by atoms with Crippen molar-refractivity contribution in [2.75, 3.05) is 31.1 Å². The van der Waals surface area contributed by atoms with Crippen molar-refractivity contribution in [1.82, 2.24) is 4.90 Å². The van der Waals surface area contributed by atoms with Crippen LogP contribution in [0, 0.1) is 13.8 Å². The van der Waals surface area contributed by atoms with Crippen LogP contribution in [0.1, 0.15) is 21.5 Å². The minimum absolute atomic E-state index is 0.121. The summed E-state index contributed by atoms with van der Waals surface area (Å²) < 4.78 is 0. The van der Waals surface area contributed by atoms with Gasteiger partial charge in [-0.05, 0) is 38.1 Å². The first kappa shape index (κ1) is 15.9. The van der Waals surface area contributed by atoms with Crippen molar-refractivity contribution in [2.24, 2.45) is 0 Å². The highest BCUT2D eigenvalue weighted by atomic mass is 35.5. The van der Waals surface area contributed by atoms with Gasteiger partial charge in [0.25, 0.3) is 5.91 Å². The molecule has 0 bridgehead atoms. The molecule has 3 nitrogen and oxygen atoms in total. The third-order valence-electron chi connectivity index (χ3n) is 4.23. The van der Waals surface area contributed by atoms with Gasteiger partial charge >= 0.3 is 0 Å². The Morgan fingerprint density at radius 2 is 1.57 bits per heavy atom. The highest BCUT2D eigenvalue weighted by Crippen LogP contribution is 2.26. The quantitative estimate of drug-likeness (QED) is 0.834. The molecule has 0 saturated carbocycles. The second-order valence-corrected chi connectivity index (χ2v) is 6.51. The number of aryl methyl sites for hydroxylation is 2. The van der Waals surface area contributed by atoms with Crippen molar-refractivity contribution in [1.29, 1.82) is 0 Å². The number of anilines is 1. The van der Waals surface area contributed by atoms with E-state index in [1.54, 1.807) is 0 Å². The molecule has 3 rings (SSSR count). The highest BCUT2D eigenvalue weighted by molar-refractivity contribution is 6.33. The molecule has 0 atom stereocenters. The fourth-order valence-electron chi connectivity index (χ4n) is 3.14. The van der Waals surface area contributed by atoms with Crippen LogP contribution in [-0.4, -0.2) is 37.0 Å². The van der Waals surface area contributed by atoms with Gasteiger partial charge in [-0.3, -0.25) is 4.79 Å². The lowest BCUT2D eigenvalue weighted by Gasteiger charge is -2.36. The Bertz CT molecular complexity index is 701. The Morgan fingerprint density at radius 1 is 0.957 bits per heavy atom. The molecule has 0 radical (unpaired) electrons. The van der Waals surface area contributed by atoms with Crippen LogP contribution in [0.3, 0.4) is 0 Å². The van der Waals surface area contributed by atoms with Crippen molar-refractivity contribution in [3.63, 3.8) is 0 Å². The van der Waals surface area contributed by atoms with Gasteiger partial charge in [-0.1, -0.05) is 40.9 Å². The minimum Gasteiger partial charge on any atom is -0.367 e. The standard InChI is InChI=1S/C19H21ClN2O/c1-14-11-15(2)13-16(12-14)19(23)22-9-7-21(8-10-22)18-6-4-3-5-17(18)20/h3-6,11-13H,7-10H2,1-2H3. The number of para-hydroxylation sites is 1. The maximum atomic E-state index is 12.7. The van der Waals surface area contributed by atoms with Crippen molar-refractivity contribution < 1.29 is 4.79 Å². The van der Waals surface area contributed by atoms with E-state index in [1.807, 2.05) is 55.1 Å². The number of carbonyl (C=O) groups is 1. The van der Waals surface area contributed by atoms with Gasteiger partial charge in [0.2, 0.25) is 0 Å². The minimum atomic E-state index is 0.121. The summed E-state index contributed by atoms with van der Waals surface area (Å²) >= 11 is 6.27. The molecule has 4 heteroatoms. The lowest BCUT2D eigenvalue weighted by Crippen LogP contribution is -2.48. The number of carbonyl (C=O) groups excluding carboxylic acids is 1. The van der Waals surface area contributed by atoms with Crippen LogP contribution in [0.4, 0.5) is 5.69 Å². The van der Waals surface area contributed by atoms with Gasteiger partial charge in [-0.15, -0.1) is 0 Å². The van der Waals surface area contributed by atoms with E-state index < -0.39 is 0 Å². The van der Waals surface area contributed by atoms with Crippen LogP contribution >= 0.6 is 11.6 Å². The van der Waals surface area contributed by atoms with Gasteiger partial charge in [-0.25, -0.2) is 0 Å². The lowest BCUT2D eigenvalue weighted by atomic mass is 10.1. The fraction of sp³-hybridized carbons (Fsp3) is 0.316. The van der Waals surface area contributed by atoms with Gasteiger partial charge in [0.05, 0.1) is 10.7 Å². The molecule has 0 aromatic heterocycles. The van der Waals surface area contributed by atoms with E-state index in [4.69, 9.17) is 11.6 Å². The number of rotatable bonds is 2. The summed E-state index contributed by atoms with van der Waals surface area (Å²) in [6.07, 6.45) is 0. The molecule has 1 aliphatic rings. The van der Waals surface area contributed by atoms with E-state index in [0.717, 1.165) is 53.6 Å². The monoisotopic (exact) mass is 328 g/mol. The van der Waals surface area contributed by atoms with Gasteiger partial charge in [0, 0.05) is 31.7 Å². The number of benzene rings is 2. The van der Waals surface area contributed by atoms with Crippen molar-refractivity contribution in [3.05, 3.63) is 64.2 Å². The number of halogens is 1. The van der Waals surface area contributed by atoms with Gasteiger partial charge < -0.3 is 9.80 Å². The average Bonchev–Trinajstić information content (AvgIpc) is 2.54. The highest BCUT2D eigenvalue weighted by Gasteiger charge is 2.23. The van der Waals surface area contributed by atoms with Gasteiger partial charge in [0.15, 0.2) is 0 Å². The van der Waals surface area contributed by atoms with Crippen molar-refractivity contribution >= 4 is 23.2 Å². The molecule has 120 valence electrons. The van der Waals surface area contributed by atoms with Crippen molar-refractivity contribution in [3.8, 4) is 0 Å². The molecule has 0 N–H and O–H groups in total. The summed E-state index contributed by atoms with van der Waals surface area (Å²) in [6.45, 7) is 7.10. The summed E-state index contributed by atoms with van der Waals surface area (Å²) in [5, 5.41) is 0.765. The topological polar surface area (TPSA) is 23.6 Å². The molecule has 1 amide bonds. The second-order valence-electron chi connectivity index (χ2n) is 6.11. The molecule has 0 unspecified atom stereocenters. The lowest BCUT2D eigenvalue weighted by molar-refractivity contribution is 0.0746. The number of hydrogen-bond acceptors (Lipinski definition) is 2. The van der Waals surface area contributed by atoms with E-state index in [-0.39, 0.29) is 5.91 Å². The molecule has 1 aliphatic heterocycles. The van der Waals surface area contributed by atoms with Crippen LogP contribution < -0.4 is 4.90 Å². The molecule has 1 fully saturated rings. The predicted octanol–water partition coefficient (Wildman–Crippen LogP) is 3.92. The first-order valence-corrected chi connectivity index (χ1v) is 8.29. The fourth-order valence-corrected chi connectivity index (χ4v) is 3.39. The molecule has 1 heterocycles. The molecular formula is C19H21ClN2O. The zero-order valence-corrected chi connectivity index (χ0v) is 14.3. The molecule has 0 aliphatic carbocycles. The van der Waals surface area contributed by atoms with Crippen LogP contribution in [0.5, 0.6) is 0 Å².